The minimum absolute atomic E-state index is 0.109. The minimum atomic E-state index is -0.276. The van der Waals surface area contributed by atoms with Gasteiger partial charge in [-0.3, -0.25) is 9.59 Å². The van der Waals surface area contributed by atoms with Gasteiger partial charge in [0, 0.05) is 13.1 Å². The second kappa shape index (κ2) is 7.35. The van der Waals surface area contributed by atoms with E-state index in [0.29, 0.717) is 5.69 Å². The van der Waals surface area contributed by atoms with Crippen LogP contribution in [0.4, 0.5) is 0 Å². The van der Waals surface area contributed by atoms with Crippen LogP contribution >= 0.6 is 0 Å². The zero-order valence-electron chi connectivity index (χ0n) is 15.1. The van der Waals surface area contributed by atoms with Gasteiger partial charge in [-0.2, -0.15) is 9.78 Å². The molecule has 1 heterocycles. The summed E-state index contributed by atoms with van der Waals surface area (Å²) >= 11 is 0. The van der Waals surface area contributed by atoms with E-state index in [1.807, 2.05) is 56.3 Å². The number of aryl methyl sites for hydroxylation is 1. The van der Waals surface area contributed by atoms with Crippen LogP contribution in [0.2, 0.25) is 0 Å². The van der Waals surface area contributed by atoms with Crippen molar-refractivity contribution in [3.8, 4) is 5.69 Å². The first-order valence-corrected chi connectivity index (χ1v) is 8.47. The summed E-state index contributed by atoms with van der Waals surface area (Å²) in [7, 11) is 1.74. The Morgan fingerprint density at radius 3 is 2.31 bits per heavy atom. The summed E-state index contributed by atoms with van der Waals surface area (Å²) in [5, 5.41) is 4.27. The average molecular weight is 347 g/mol. The molecule has 0 N–H and O–H groups in total. The lowest BCUT2D eigenvalue weighted by molar-refractivity contribution is 0.0734. The number of hydrogen-bond acceptors (Lipinski definition) is 3. The van der Waals surface area contributed by atoms with Crippen molar-refractivity contribution in [1.29, 1.82) is 0 Å². The first-order valence-electron chi connectivity index (χ1n) is 8.47. The molecule has 132 valence electrons. The van der Waals surface area contributed by atoms with Crippen LogP contribution in [-0.2, 0) is 0 Å². The number of benzene rings is 2. The normalized spacial score (nSPS) is 11.8. The molecule has 0 bridgehead atoms. The van der Waals surface area contributed by atoms with Crippen LogP contribution in [0.1, 0.15) is 34.6 Å². The Balaban J connectivity index is 1.90. The van der Waals surface area contributed by atoms with Gasteiger partial charge in [-0.1, -0.05) is 48.0 Å². The lowest BCUT2D eigenvalue weighted by Crippen LogP contribution is -2.32. The third kappa shape index (κ3) is 3.57. The third-order valence-corrected chi connectivity index (χ3v) is 4.48. The third-order valence-electron chi connectivity index (χ3n) is 4.48. The van der Waals surface area contributed by atoms with Crippen LogP contribution in [0.25, 0.3) is 5.69 Å². The predicted molar refractivity (Wildman–Crippen MR) is 102 cm³/mol. The maximum absolute atomic E-state index is 12.9. The van der Waals surface area contributed by atoms with Crippen molar-refractivity contribution in [2.24, 2.45) is 0 Å². The summed E-state index contributed by atoms with van der Waals surface area (Å²) < 4.78 is 1.25. The van der Waals surface area contributed by atoms with Gasteiger partial charge in [0.15, 0.2) is 0 Å². The van der Waals surface area contributed by atoms with Crippen molar-refractivity contribution in [3.63, 3.8) is 0 Å². The number of carbonyl (C=O) groups is 1. The molecule has 0 aliphatic rings. The fourth-order valence-corrected chi connectivity index (χ4v) is 2.70. The molecule has 0 fully saturated rings. The van der Waals surface area contributed by atoms with Gasteiger partial charge >= 0.3 is 0 Å². The van der Waals surface area contributed by atoms with E-state index in [2.05, 4.69) is 5.10 Å². The van der Waals surface area contributed by atoms with E-state index in [1.54, 1.807) is 24.1 Å². The van der Waals surface area contributed by atoms with E-state index >= 15 is 0 Å². The maximum Gasteiger partial charge on any atom is 0.274 e. The molecule has 2 aromatic carbocycles. The molecule has 5 nitrogen and oxygen atoms in total. The van der Waals surface area contributed by atoms with Gasteiger partial charge in [-0.05, 0) is 37.6 Å². The second-order valence-electron chi connectivity index (χ2n) is 6.31. The molecule has 0 radical (unpaired) electrons. The zero-order chi connectivity index (χ0) is 18.7. The molecule has 0 aliphatic carbocycles. The van der Waals surface area contributed by atoms with Crippen LogP contribution in [0.15, 0.2) is 71.5 Å². The number of hydrogen-bond donors (Lipinski definition) is 0. The SMILES string of the molecule is Cc1ccc(C(C)N(C)C(=O)c2ccc(=O)n(-c3ccccc3)n2)cc1. The fraction of sp³-hybridized carbons (Fsp3) is 0.190. The van der Waals surface area contributed by atoms with Crippen molar-refractivity contribution in [2.45, 2.75) is 19.9 Å². The summed E-state index contributed by atoms with van der Waals surface area (Å²) in [5.74, 6) is -0.234. The Labute approximate surface area is 152 Å². The fourth-order valence-electron chi connectivity index (χ4n) is 2.70. The summed E-state index contributed by atoms with van der Waals surface area (Å²) in [6.07, 6.45) is 0. The standard InChI is InChI=1S/C21H21N3O2/c1-15-9-11-17(12-10-15)16(2)23(3)21(26)19-13-14-20(25)24(22-19)18-7-5-4-6-8-18/h4-14,16H,1-3H3. The van der Waals surface area contributed by atoms with Crippen molar-refractivity contribution >= 4 is 5.91 Å². The molecule has 0 aliphatic heterocycles. The zero-order valence-corrected chi connectivity index (χ0v) is 15.1. The van der Waals surface area contributed by atoms with Crippen molar-refractivity contribution in [3.05, 3.63) is 93.9 Å². The van der Waals surface area contributed by atoms with E-state index in [1.165, 1.54) is 22.4 Å². The van der Waals surface area contributed by atoms with Gasteiger partial charge < -0.3 is 4.90 Å². The first kappa shape index (κ1) is 17.6. The van der Waals surface area contributed by atoms with E-state index in [9.17, 15) is 9.59 Å². The number of rotatable bonds is 4. The molecule has 0 saturated carbocycles. The monoisotopic (exact) mass is 347 g/mol. The molecular formula is C21H21N3O2. The quantitative estimate of drug-likeness (QED) is 0.727. The molecule has 5 heteroatoms. The summed E-state index contributed by atoms with van der Waals surface area (Å²) in [4.78, 5) is 26.6. The molecule has 3 rings (SSSR count). The van der Waals surface area contributed by atoms with Gasteiger partial charge in [0.2, 0.25) is 0 Å². The van der Waals surface area contributed by atoms with E-state index in [-0.39, 0.29) is 23.2 Å². The smallest absolute Gasteiger partial charge is 0.274 e. The highest BCUT2D eigenvalue weighted by Gasteiger charge is 2.21. The van der Waals surface area contributed by atoms with E-state index < -0.39 is 0 Å². The predicted octanol–water partition coefficient (Wildman–Crippen LogP) is 3.37. The number of carbonyl (C=O) groups excluding carboxylic acids is 1. The lowest BCUT2D eigenvalue weighted by atomic mass is 10.1. The molecular weight excluding hydrogens is 326 g/mol. The first-order chi connectivity index (χ1) is 12.5. The summed E-state index contributed by atoms with van der Waals surface area (Å²) in [5.41, 5.74) is 2.80. The Bertz CT molecular complexity index is 963. The van der Waals surface area contributed by atoms with Gasteiger partial charge in [0.25, 0.3) is 11.5 Å². The molecule has 3 aromatic rings. The van der Waals surface area contributed by atoms with Crippen molar-refractivity contribution in [2.75, 3.05) is 7.05 Å². The lowest BCUT2D eigenvalue weighted by Gasteiger charge is -2.25. The number of nitrogens with zero attached hydrogens (tertiary/aromatic N) is 3. The number of para-hydroxylation sites is 1. The molecule has 26 heavy (non-hydrogen) atoms. The van der Waals surface area contributed by atoms with Gasteiger partial charge in [0.05, 0.1) is 11.7 Å². The maximum atomic E-state index is 12.9. The highest BCUT2D eigenvalue weighted by atomic mass is 16.2. The van der Waals surface area contributed by atoms with Crippen molar-refractivity contribution in [1.82, 2.24) is 14.7 Å². The summed E-state index contributed by atoms with van der Waals surface area (Å²) in [6.45, 7) is 4.00. The minimum Gasteiger partial charge on any atom is -0.334 e. The van der Waals surface area contributed by atoms with Crippen LogP contribution < -0.4 is 5.56 Å². The molecule has 1 aromatic heterocycles. The molecule has 0 spiro atoms. The molecule has 0 saturated heterocycles. The van der Waals surface area contributed by atoms with Gasteiger partial charge in [-0.25, -0.2) is 0 Å². The van der Waals surface area contributed by atoms with Crippen LogP contribution in [-0.4, -0.2) is 27.6 Å². The van der Waals surface area contributed by atoms with E-state index in [0.717, 1.165) is 5.56 Å². The van der Waals surface area contributed by atoms with E-state index in [4.69, 9.17) is 0 Å². The van der Waals surface area contributed by atoms with Crippen LogP contribution in [0.5, 0.6) is 0 Å². The largest absolute Gasteiger partial charge is 0.334 e. The molecule has 1 amide bonds. The number of amides is 1. The Morgan fingerprint density at radius 1 is 1.00 bits per heavy atom. The van der Waals surface area contributed by atoms with Crippen LogP contribution in [0.3, 0.4) is 0 Å². The average Bonchev–Trinajstić information content (AvgIpc) is 2.68. The highest BCUT2D eigenvalue weighted by molar-refractivity contribution is 5.92. The van der Waals surface area contributed by atoms with Crippen LogP contribution in [0, 0.1) is 6.92 Å². The number of aromatic nitrogens is 2. The highest BCUT2D eigenvalue weighted by Crippen LogP contribution is 2.20. The molecule has 1 atom stereocenters. The second-order valence-corrected chi connectivity index (χ2v) is 6.31. The Kier molecular flexibility index (Phi) is 4.98. The van der Waals surface area contributed by atoms with Gasteiger partial charge in [-0.15, -0.1) is 0 Å². The topological polar surface area (TPSA) is 55.2 Å². The van der Waals surface area contributed by atoms with Gasteiger partial charge in [0.1, 0.15) is 5.69 Å². The Morgan fingerprint density at radius 2 is 1.65 bits per heavy atom. The molecule has 1 unspecified atom stereocenters. The van der Waals surface area contributed by atoms with Crippen molar-refractivity contribution < 1.29 is 4.79 Å². The Hall–Kier alpha value is -3.21. The summed E-state index contributed by atoms with van der Waals surface area (Å²) in [6, 6.07) is 19.9.